The molecule has 0 spiro atoms. The minimum Gasteiger partial charge on any atom is -0.429 e. The molecule has 2 atom stereocenters. The summed E-state index contributed by atoms with van der Waals surface area (Å²) in [6, 6.07) is 2.09. The molecule has 1 aliphatic heterocycles. The molecule has 38 heavy (non-hydrogen) atoms. The third-order valence-corrected chi connectivity index (χ3v) is 7.95. The van der Waals surface area contributed by atoms with Gasteiger partial charge in [0.25, 0.3) is 0 Å². The normalized spacial score (nSPS) is 24.4. The molecule has 0 aromatic heterocycles. The fourth-order valence-corrected chi connectivity index (χ4v) is 5.83. The quantitative estimate of drug-likeness (QED) is 0.177. The summed E-state index contributed by atoms with van der Waals surface area (Å²) in [6.07, 6.45) is 5.59. The van der Waals surface area contributed by atoms with Crippen molar-refractivity contribution in [2.45, 2.75) is 89.3 Å². The fourth-order valence-electron chi connectivity index (χ4n) is 5.83. The molecule has 1 saturated heterocycles. The Bertz CT molecular complexity index is 1040. The van der Waals surface area contributed by atoms with Gasteiger partial charge < -0.3 is 9.47 Å². The van der Waals surface area contributed by atoms with Gasteiger partial charge in [-0.1, -0.05) is 26.2 Å². The third kappa shape index (κ3) is 6.64. The zero-order valence-electron chi connectivity index (χ0n) is 21.4. The van der Waals surface area contributed by atoms with Crippen LogP contribution in [0.1, 0.15) is 88.2 Å². The first-order valence-electron chi connectivity index (χ1n) is 13.4. The van der Waals surface area contributed by atoms with Gasteiger partial charge in [-0.25, -0.2) is 22.0 Å². The lowest BCUT2D eigenvalue weighted by molar-refractivity contribution is -0.189. The van der Waals surface area contributed by atoms with Gasteiger partial charge >= 0.3 is 6.11 Å². The first-order valence-corrected chi connectivity index (χ1v) is 13.4. The zero-order chi connectivity index (χ0) is 27.4. The van der Waals surface area contributed by atoms with Crippen LogP contribution in [-0.4, -0.2) is 12.7 Å². The maximum absolute atomic E-state index is 14.8. The van der Waals surface area contributed by atoms with Crippen molar-refractivity contribution in [3.8, 4) is 5.75 Å². The van der Waals surface area contributed by atoms with Gasteiger partial charge in [-0.05, 0) is 80.4 Å². The summed E-state index contributed by atoms with van der Waals surface area (Å²) >= 11 is 0. The molecule has 1 heterocycles. The minimum atomic E-state index is -4.59. The molecular formula is C29H33F7O2. The van der Waals surface area contributed by atoms with Crippen molar-refractivity contribution >= 4 is 0 Å². The number of ether oxygens (including phenoxy) is 2. The van der Waals surface area contributed by atoms with Crippen LogP contribution < -0.4 is 4.74 Å². The van der Waals surface area contributed by atoms with Crippen LogP contribution in [0.15, 0.2) is 24.3 Å². The summed E-state index contributed by atoms with van der Waals surface area (Å²) in [5.41, 5.74) is -1.40. The average molecular weight is 547 g/mol. The van der Waals surface area contributed by atoms with E-state index in [9.17, 15) is 30.7 Å². The summed E-state index contributed by atoms with van der Waals surface area (Å²) in [5, 5.41) is 0. The standard InChI is InChI=1S/C29H33F7O2/c1-2-3-4-5-17-6-11-26(37-16-17)19-9-7-18(8-10-19)20-12-22(30)27(23(31)13-20)29(35,36)38-21-14-24(32)28(34)25(33)15-21/h12-15,17-19,26H,2-11,16H2,1H3. The Morgan fingerprint density at radius 3 is 2.00 bits per heavy atom. The average Bonchev–Trinajstić information content (AvgIpc) is 2.87. The Labute approximate surface area is 218 Å². The van der Waals surface area contributed by atoms with E-state index < -0.39 is 46.5 Å². The number of alkyl halides is 2. The van der Waals surface area contributed by atoms with E-state index in [0.717, 1.165) is 44.4 Å². The fraction of sp³-hybridized carbons (Fsp3) is 0.586. The number of rotatable bonds is 9. The number of halogens is 7. The maximum Gasteiger partial charge on any atom is 0.432 e. The van der Waals surface area contributed by atoms with E-state index in [4.69, 9.17) is 4.74 Å². The van der Waals surface area contributed by atoms with Crippen molar-refractivity contribution in [3.05, 3.63) is 64.5 Å². The third-order valence-electron chi connectivity index (χ3n) is 7.95. The van der Waals surface area contributed by atoms with Crippen LogP contribution >= 0.6 is 0 Å². The predicted octanol–water partition coefficient (Wildman–Crippen LogP) is 9.16. The maximum atomic E-state index is 14.8. The summed E-state index contributed by atoms with van der Waals surface area (Å²) in [5.74, 6) is -8.79. The number of hydrogen-bond donors (Lipinski definition) is 0. The molecule has 1 aliphatic carbocycles. The molecule has 0 bridgehead atoms. The van der Waals surface area contributed by atoms with Crippen LogP contribution in [0, 0.1) is 40.9 Å². The molecule has 2 aliphatic rings. The van der Waals surface area contributed by atoms with Crippen LogP contribution in [0.25, 0.3) is 0 Å². The van der Waals surface area contributed by atoms with Crippen molar-refractivity contribution in [1.82, 2.24) is 0 Å². The largest absolute Gasteiger partial charge is 0.432 e. The molecular weight excluding hydrogens is 513 g/mol. The van der Waals surface area contributed by atoms with Gasteiger partial charge in [-0.2, -0.15) is 8.78 Å². The minimum absolute atomic E-state index is 0.178. The molecule has 2 aromatic rings. The van der Waals surface area contributed by atoms with E-state index in [-0.39, 0.29) is 29.7 Å². The molecule has 210 valence electrons. The van der Waals surface area contributed by atoms with Gasteiger partial charge in [-0.15, -0.1) is 0 Å². The highest BCUT2D eigenvalue weighted by Gasteiger charge is 2.42. The van der Waals surface area contributed by atoms with Crippen LogP contribution in [0.4, 0.5) is 30.7 Å². The highest BCUT2D eigenvalue weighted by Crippen LogP contribution is 2.42. The van der Waals surface area contributed by atoms with Crippen molar-refractivity contribution in [2.75, 3.05) is 6.61 Å². The Hall–Kier alpha value is -2.29. The highest BCUT2D eigenvalue weighted by atomic mass is 19.3. The topological polar surface area (TPSA) is 18.5 Å². The molecule has 2 unspecified atom stereocenters. The lowest BCUT2D eigenvalue weighted by atomic mass is 9.75. The molecule has 9 heteroatoms. The van der Waals surface area contributed by atoms with Crippen LogP contribution in [0.3, 0.4) is 0 Å². The van der Waals surface area contributed by atoms with E-state index in [1.165, 1.54) is 25.7 Å². The van der Waals surface area contributed by atoms with Crippen molar-refractivity contribution < 1.29 is 40.2 Å². The summed E-state index contributed by atoms with van der Waals surface area (Å²) in [6.45, 7) is 2.97. The Balaban J connectivity index is 1.36. The summed E-state index contributed by atoms with van der Waals surface area (Å²) < 4.78 is 109. The zero-order valence-corrected chi connectivity index (χ0v) is 21.4. The van der Waals surface area contributed by atoms with Crippen molar-refractivity contribution in [3.63, 3.8) is 0 Å². The Morgan fingerprint density at radius 1 is 0.816 bits per heavy atom. The summed E-state index contributed by atoms with van der Waals surface area (Å²) in [4.78, 5) is 0. The van der Waals surface area contributed by atoms with Gasteiger partial charge in [0.05, 0.1) is 6.10 Å². The lowest BCUT2D eigenvalue weighted by Crippen LogP contribution is -2.34. The molecule has 4 rings (SSSR count). The van der Waals surface area contributed by atoms with Gasteiger partial charge in [0, 0.05) is 18.7 Å². The van der Waals surface area contributed by atoms with Gasteiger partial charge in [0.2, 0.25) is 0 Å². The molecule has 0 amide bonds. The van der Waals surface area contributed by atoms with E-state index >= 15 is 0 Å². The van der Waals surface area contributed by atoms with Gasteiger partial charge in [-0.3, -0.25) is 0 Å². The van der Waals surface area contributed by atoms with E-state index in [1.54, 1.807) is 0 Å². The monoisotopic (exact) mass is 546 g/mol. The van der Waals surface area contributed by atoms with Gasteiger partial charge in [0.1, 0.15) is 22.9 Å². The molecule has 0 N–H and O–H groups in total. The SMILES string of the molecule is CCCCCC1CCC(C2CCC(c3cc(F)c(C(F)(F)Oc4cc(F)c(F)c(F)c4)c(F)c3)CC2)OC1. The van der Waals surface area contributed by atoms with Crippen LogP contribution in [0.2, 0.25) is 0 Å². The van der Waals surface area contributed by atoms with Crippen molar-refractivity contribution in [1.29, 1.82) is 0 Å². The predicted molar refractivity (Wildman–Crippen MR) is 129 cm³/mol. The lowest BCUT2D eigenvalue weighted by Gasteiger charge is -2.38. The van der Waals surface area contributed by atoms with Crippen molar-refractivity contribution in [2.24, 2.45) is 11.8 Å². The number of unbranched alkanes of at least 4 members (excludes halogenated alkanes) is 2. The second-order valence-corrected chi connectivity index (χ2v) is 10.6. The Morgan fingerprint density at radius 2 is 1.45 bits per heavy atom. The van der Waals surface area contributed by atoms with Crippen LogP contribution in [-0.2, 0) is 10.8 Å². The van der Waals surface area contributed by atoms with E-state index in [0.29, 0.717) is 24.7 Å². The number of hydrogen-bond acceptors (Lipinski definition) is 2. The second-order valence-electron chi connectivity index (χ2n) is 10.6. The molecule has 2 aromatic carbocycles. The first kappa shape index (κ1) is 28.7. The number of benzene rings is 2. The van der Waals surface area contributed by atoms with Crippen LogP contribution in [0.5, 0.6) is 5.75 Å². The molecule has 2 nitrogen and oxygen atoms in total. The highest BCUT2D eigenvalue weighted by molar-refractivity contribution is 5.33. The smallest absolute Gasteiger partial charge is 0.429 e. The van der Waals surface area contributed by atoms with Gasteiger partial charge in [0.15, 0.2) is 17.5 Å². The van der Waals surface area contributed by atoms with E-state index in [2.05, 4.69) is 11.7 Å². The molecule has 1 saturated carbocycles. The second kappa shape index (κ2) is 12.3. The molecule has 0 radical (unpaired) electrons. The van der Waals surface area contributed by atoms with E-state index in [1.807, 2.05) is 0 Å². The Kier molecular flexibility index (Phi) is 9.27. The summed E-state index contributed by atoms with van der Waals surface area (Å²) in [7, 11) is 0. The first-order chi connectivity index (χ1) is 18.1. The molecule has 2 fully saturated rings.